The van der Waals surface area contributed by atoms with E-state index in [1.54, 1.807) is 42.6 Å². The third-order valence-electron chi connectivity index (χ3n) is 4.52. The second-order valence-corrected chi connectivity index (χ2v) is 9.31. The Hall–Kier alpha value is -3.16. The number of amides is 1. The van der Waals surface area contributed by atoms with Crippen LogP contribution in [-0.4, -0.2) is 18.3 Å². The number of carbonyl (C=O) groups excluding carboxylic acids is 1. The molecule has 4 rings (SSSR count). The van der Waals surface area contributed by atoms with Crippen molar-refractivity contribution in [2.75, 3.05) is 5.32 Å². The Bertz CT molecular complexity index is 1360. The van der Waals surface area contributed by atoms with E-state index in [9.17, 15) is 13.2 Å². The maximum absolute atomic E-state index is 13.0. The summed E-state index contributed by atoms with van der Waals surface area (Å²) in [7, 11) is -3.73. The largest absolute Gasteiger partial charge is 0.323 e. The molecule has 1 heterocycles. The number of para-hydroxylation sites is 1. The highest BCUT2D eigenvalue weighted by molar-refractivity contribution is 9.10. The molecule has 150 valence electrons. The van der Waals surface area contributed by atoms with Gasteiger partial charge in [-0.05, 0) is 60.2 Å². The van der Waals surface area contributed by atoms with Gasteiger partial charge < -0.3 is 5.32 Å². The Morgan fingerprint density at radius 1 is 0.933 bits per heavy atom. The molecule has 5 nitrogen and oxygen atoms in total. The summed E-state index contributed by atoms with van der Waals surface area (Å²) >= 11 is 3.39. The number of nitrogens with one attached hydrogen (secondary N) is 1. The molecule has 0 unspecified atom stereocenters. The van der Waals surface area contributed by atoms with Crippen LogP contribution in [-0.2, 0) is 14.8 Å². The topological polar surface area (TPSA) is 68.2 Å². The Morgan fingerprint density at radius 2 is 1.70 bits per heavy atom. The molecule has 0 saturated carbocycles. The van der Waals surface area contributed by atoms with E-state index in [0.717, 1.165) is 15.4 Å². The van der Waals surface area contributed by atoms with E-state index in [2.05, 4.69) is 21.2 Å². The fourth-order valence-corrected chi connectivity index (χ4v) is 4.83. The first-order chi connectivity index (χ1) is 14.4. The highest BCUT2D eigenvalue weighted by atomic mass is 79.9. The van der Waals surface area contributed by atoms with Gasteiger partial charge >= 0.3 is 0 Å². The average molecular weight is 481 g/mol. The van der Waals surface area contributed by atoms with Gasteiger partial charge in [0.05, 0.1) is 10.4 Å². The number of anilines is 1. The van der Waals surface area contributed by atoms with Crippen LogP contribution in [0.3, 0.4) is 0 Å². The smallest absolute Gasteiger partial charge is 0.268 e. The van der Waals surface area contributed by atoms with Gasteiger partial charge in [-0.3, -0.25) is 4.79 Å². The van der Waals surface area contributed by atoms with Gasteiger partial charge in [0.1, 0.15) is 0 Å². The van der Waals surface area contributed by atoms with E-state index in [0.29, 0.717) is 11.2 Å². The molecule has 3 aromatic carbocycles. The van der Waals surface area contributed by atoms with Crippen LogP contribution >= 0.6 is 15.9 Å². The quantitative estimate of drug-likeness (QED) is 0.394. The molecule has 1 amide bonds. The monoisotopic (exact) mass is 480 g/mol. The third kappa shape index (κ3) is 4.22. The Kier molecular flexibility index (Phi) is 5.57. The second-order valence-electron chi connectivity index (χ2n) is 6.58. The van der Waals surface area contributed by atoms with Crippen LogP contribution in [0.5, 0.6) is 0 Å². The van der Waals surface area contributed by atoms with E-state index < -0.39 is 10.0 Å². The van der Waals surface area contributed by atoms with Crippen molar-refractivity contribution in [3.05, 3.63) is 101 Å². The summed E-state index contributed by atoms with van der Waals surface area (Å²) in [6.07, 6.45) is 4.68. The van der Waals surface area contributed by atoms with Gasteiger partial charge in [-0.25, -0.2) is 12.4 Å². The summed E-state index contributed by atoms with van der Waals surface area (Å²) in [5, 5.41) is 3.58. The van der Waals surface area contributed by atoms with E-state index in [-0.39, 0.29) is 10.8 Å². The predicted molar refractivity (Wildman–Crippen MR) is 123 cm³/mol. The van der Waals surface area contributed by atoms with Crippen molar-refractivity contribution in [2.24, 2.45) is 0 Å². The van der Waals surface area contributed by atoms with Crippen molar-refractivity contribution in [3.63, 3.8) is 0 Å². The molecule has 1 aromatic heterocycles. The number of rotatable bonds is 5. The van der Waals surface area contributed by atoms with Crippen LogP contribution in [0.15, 0.2) is 101 Å². The average Bonchev–Trinajstić information content (AvgIpc) is 3.18. The zero-order valence-electron chi connectivity index (χ0n) is 15.7. The molecule has 0 aliphatic heterocycles. The summed E-state index contributed by atoms with van der Waals surface area (Å²) in [6.45, 7) is 0. The zero-order valence-corrected chi connectivity index (χ0v) is 18.1. The first-order valence-corrected chi connectivity index (χ1v) is 11.3. The van der Waals surface area contributed by atoms with Gasteiger partial charge in [0.25, 0.3) is 10.0 Å². The maximum Gasteiger partial charge on any atom is 0.268 e. The van der Waals surface area contributed by atoms with Crippen LogP contribution < -0.4 is 5.32 Å². The lowest BCUT2D eigenvalue weighted by Gasteiger charge is -2.09. The van der Waals surface area contributed by atoms with Crippen molar-refractivity contribution < 1.29 is 13.2 Å². The summed E-state index contributed by atoms with van der Waals surface area (Å²) in [6, 6.07) is 22.7. The molecule has 4 aromatic rings. The minimum absolute atomic E-state index is 0.145. The van der Waals surface area contributed by atoms with E-state index in [1.165, 1.54) is 22.2 Å². The van der Waals surface area contributed by atoms with Gasteiger partial charge in [-0.15, -0.1) is 0 Å². The SMILES string of the molecule is O=C(C=Cc1cccc(Br)c1)Nc1ccc(S(=O)(=O)n2ccc3ccccc32)cc1. The van der Waals surface area contributed by atoms with Crippen LogP contribution in [0.4, 0.5) is 5.69 Å². The minimum Gasteiger partial charge on any atom is -0.323 e. The van der Waals surface area contributed by atoms with Crippen LogP contribution in [0.1, 0.15) is 5.56 Å². The Morgan fingerprint density at radius 3 is 2.47 bits per heavy atom. The van der Waals surface area contributed by atoms with Crippen molar-refractivity contribution >= 4 is 54.5 Å². The van der Waals surface area contributed by atoms with Crippen molar-refractivity contribution in [2.45, 2.75) is 4.90 Å². The number of aromatic nitrogens is 1. The van der Waals surface area contributed by atoms with E-state index in [4.69, 9.17) is 0 Å². The molecular formula is C23H17BrN2O3S. The number of hydrogen-bond acceptors (Lipinski definition) is 3. The molecule has 0 aliphatic carbocycles. The normalized spacial score (nSPS) is 11.8. The fraction of sp³-hybridized carbons (Fsp3) is 0. The number of carbonyl (C=O) groups is 1. The van der Waals surface area contributed by atoms with Crippen LogP contribution in [0.25, 0.3) is 17.0 Å². The molecule has 7 heteroatoms. The number of fused-ring (bicyclic) bond motifs is 1. The molecule has 0 bridgehead atoms. The number of nitrogens with zero attached hydrogens (tertiary/aromatic N) is 1. The number of benzene rings is 3. The Balaban J connectivity index is 1.50. The predicted octanol–water partition coefficient (Wildman–Crippen LogP) is 5.29. The molecule has 0 radical (unpaired) electrons. The number of halogens is 1. The molecule has 0 atom stereocenters. The van der Waals surface area contributed by atoms with Crippen molar-refractivity contribution in [1.29, 1.82) is 0 Å². The lowest BCUT2D eigenvalue weighted by molar-refractivity contribution is -0.111. The van der Waals surface area contributed by atoms with E-state index >= 15 is 0 Å². The highest BCUT2D eigenvalue weighted by Crippen LogP contribution is 2.23. The summed E-state index contributed by atoms with van der Waals surface area (Å²) in [5.74, 6) is -0.304. The van der Waals surface area contributed by atoms with E-state index in [1.807, 2.05) is 36.4 Å². The molecule has 0 aliphatic rings. The molecule has 0 fully saturated rings. The minimum atomic E-state index is -3.73. The molecule has 0 saturated heterocycles. The Labute approximate surface area is 182 Å². The van der Waals surface area contributed by atoms with Gasteiger partial charge in [0.2, 0.25) is 5.91 Å². The summed E-state index contributed by atoms with van der Waals surface area (Å²) in [5.41, 5.74) is 2.02. The van der Waals surface area contributed by atoms with Crippen LogP contribution in [0, 0.1) is 0 Å². The molecular weight excluding hydrogens is 464 g/mol. The summed E-state index contributed by atoms with van der Waals surface area (Å²) in [4.78, 5) is 12.3. The number of hydrogen-bond donors (Lipinski definition) is 1. The molecule has 1 N–H and O–H groups in total. The zero-order chi connectivity index (χ0) is 21.1. The van der Waals surface area contributed by atoms with Gasteiger partial charge in [0.15, 0.2) is 0 Å². The van der Waals surface area contributed by atoms with Gasteiger partial charge in [-0.1, -0.05) is 46.3 Å². The molecule has 0 spiro atoms. The second kappa shape index (κ2) is 8.30. The van der Waals surface area contributed by atoms with Crippen LogP contribution in [0.2, 0.25) is 0 Å². The lowest BCUT2D eigenvalue weighted by atomic mass is 10.2. The fourth-order valence-electron chi connectivity index (χ4n) is 3.06. The van der Waals surface area contributed by atoms with Gasteiger partial charge in [0, 0.05) is 27.8 Å². The summed E-state index contributed by atoms with van der Waals surface area (Å²) < 4.78 is 28.2. The standard InChI is InChI=1S/C23H17BrN2O3S/c24-19-6-3-4-17(16-19)8-13-23(27)25-20-9-11-21(12-10-20)30(28,29)26-15-14-18-5-1-2-7-22(18)26/h1-16H,(H,25,27). The molecule has 30 heavy (non-hydrogen) atoms. The first kappa shape index (κ1) is 20.1. The first-order valence-electron chi connectivity index (χ1n) is 9.10. The van der Waals surface area contributed by atoms with Crippen molar-refractivity contribution in [3.8, 4) is 0 Å². The van der Waals surface area contributed by atoms with Gasteiger partial charge in [-0.2, -0.15) is 0 Å². The third-order valence-corrected chi connectivity index (χ3v) is 6.72. The highest BCUT2D eigenvalue weighted by Gasteiger charge is 2.18. The maximum atomic E-state index is 13.0. The van der Waals surface area contributed by atoms with Crippen molar-refractivity contribution in [1.82, 2.24) is 3.97 Å². The lowest BCUT2D eigenvalue weighted by Crippen LogP contribution is -2.12.